The first-order valence-corrected chi connectivity index (χ1v) is 7.82. The van der Waals surface area contributed by atoms with Crippen LogP contribution in [0.4, 0.5) is 11.6 Å². The van der Waals surface area contributed by atoms with Gasteiger partial charge in [0.15, 0.2) is 0 Å². The van der Waals surface area contributed by atoms with Gasteiger partial charge in [-0.1, -0.05) is 13.8 Å². The molecule has 1 aliphatic heterocycles. The van der Waals surface area contributed by atoms with Crippen LogP contribution in [-0.2, 0) is 4.79 Å². The zero-order valence-corrected chi connectivity index (χ0v) is 14.8. The molecule has 0 aromatic carbocycles. The van der Waals surface area contributed by atoms with Crippen LogP contribution in [0.5, 0.6) is 0 Å². The highest BCUT2D eigenvalue weighted by atomic mass is 35.5. The van der Waals surface area contributed by atoms with Gasteiger partial charge in [-0.15, -0.1) is 12.4 Å². The van der Waals surface area contributed by atoms with Gasteiger partial charge in [-0.3, -0.25) is 4.79 Å². The standard InChI is InChI=1S/C15H26N6O.ClH/c1-10(2)14(16)15(22)18-8-11-5-4-6-21(11)13-7-12(17-3)19-9-20-13;/h7,9-11,14H,4-6,8,16H2,1-3H3,(H,18,22)(H,17,19,20);1H/t11?,14-;/m0./s1. The molecule has 2 heterocycles. The minimum atomic E-state index is -0.454. The number of nitrogens with zero attached hydrogens (tertiary/aromatic N) is 3. The van der Waals surface area contributed by atoms with Crippen molar-refractivity contribution >= 4 is 29.9 Å². The monoisotopic (exact) mass is 342 g/mol. The van der Waals surface area contributed by atoms with E-state index in [2.05, 4.69) is 25.5 Å². The van der Waals surface area contributed by atoms with E-state index in [0.717, 1.165) is 31.0 Å². The topological polar surface area (TPSA) is 96.2 Å². The molecule has 2 rings (SSSR count). The summed E-state index contributed by atoms with van der Waals surface area (Å²) in [7, 11) is 1.83. The van der Waals surface area contributed by atoms with Crippen LogP contribution in [0.15, 0.2) is 12.4 Å². The highest BCUT2D eigenvalue weighted by Crippen LogP contribution is 2.24. The second-order valence-corrected chi connectivity index (χ2v) is 6.02. The van der Waals surface area contributed by atoms with Gasteiger partial charge < -0.3 is 21.3 Å². The Morgan fingerprint density at radius 2 is 2.22 bits per heavy atom. The van der Waals surface area contributed by atoms with E-state index in [4.69, 9.17) is 5.73 Å². The Labute approximate surface area is 143 Å². The highest BCUT2D eigenvalue weighted by molar-refractivity contribution is 5.85. The molecular formula is C15H27ClN6O. The molecule has 130 valence electrons. The van der Waals surface area contributed by atoms with Gasteiger partial charge in [0, 0.05) is 32.2 Å². The molecule has 23 heavy (non-hydrogen) atoms. The van der Waals surface area contributed by atoms with Gasteiger partial charge in [0.1, 0.15) is 18.0 Å². The number of carbonyl (C=O) groups excluding carboxylic acids is 1. The van der Waals surface area contributed by atoms with Crippen molar-refractivity contribution < 1.29 is 4.79 Å². The number of anilines is 2. The third-order valence-electron chi connectivity index (χ3n) is 4.11. The van der Waals surface area contributed by atoms with Gasteiger partial charge in [0.2, 0.25) is 5.91 Å². The first-order valence-electron chi connectivity index (χ1n) is 7.82. The summed E-state index contributed by atoms with van der Waals surface area (Å²) in [5.41, 5.74) is 5.87. The number of carbonyl (C=O) groups is 1. The van der Waals surface area contributed by atoms with Crippen molar-refractivity contribution in [2.45, 2.75) is 38.8 Å². The van der Waals surface area contributed by atoms with Crippen LogP contribution in [-0.4, -0.2) is 48.1 Å². The Morgan fingerprint density at radius 3 is 2.87 bits per heavy atom. The van der Waals surface area contributed by atoms with Crippen molar-refractivity contribution in [2.24, 2.45) is 11.7 Å². The SMILES string of the molecule is CNc1cc(N2CCCC2CNC(=O)[C@@H](N)C(C)C)ncn1.Cl. The van der Waals surface area contributed by atoms with Crippen molar-refractivity contribution in [1.29, 1.82) is 0 Å². The molecule has 1 aromatic heterocycles. The smallest absolute Gasteiger partial charge is 0.237 e. The van der Waals surface area contributed by atoms with Gasteiger partial charge in [-0.2, -0.15) is 0 Å². The van der Waals surface area contributed by atoms with Crippen LogP contribution in [0.3, 0.4) is 0 Å². The number of hydrogen-bond acceptors (Lipinski definition) is 6. The van der Waals surface area contributed by atoms with E-state index in [-0.39, 0.29) is 30.3 Å². The molecule has 8 heteroatoms. The van der Waals surface area contributed by atoms with E-state index in [0.29, 0.717) is 6.54 Å². The predicted octanol–water partition coefficient (Wildman–Crippen LogP) is 1.01. The molecule has 0 spiro atoms. The fourth-order valence-corrected chi connectivity index (χ4v) is 2.63. The van der Waals surface area contributed by atoms with Crippen LogP contribution in [0, 0.1) is 5.92 Å². The van der Waals surface area contributed by atoms with Crippen LogP contribution in [0.1, 0.15) is 26.7 Å². The summed E-state index contributed by atoms with van der Waals surface area (Å²) in [6.45, 7) is 5.44. The summed E-state index contributed by atoms with van der Waals surface area (Å²) in [5.74, 6) is 1.74. The summed E-state index contributed by atoms with van der Waals surface area (Å²) in [4.78, 5) is 22.7. The van der Waals surface area contributed by atoms with Crippen LogP contribution < -0.4 is 21.3 Å². The van der Waals surface area contributed by atoms with Gasteiger partial charge in [-0.25, -0.2) is 9.97 Å². The second kappa shape index (κ2) is 8.88. The number of nitrogens with one attached hydrogen (secondary N) is 2. The molecule has 0 saturated carbocycles. The average molecular weight is 343 g/mol. The zero-order chi connectivity index (χ0) is 16.1. The third kappa shape index (κ3) is 4.94. The Morgan fingerprint density at radius 1 is 1.48 bits per heavy atom. The normalized spacial score (nSPS) is 18.5. The second-order valence-electron chi connectivity index (χ2n) is 6.02. The fraction of sp³-hybridized carbons (Fsp3) is 0.667. The Hall–Kier alpha value is -1.60. The van der Waals surface area contributed by atoms with Crippen LogP contribution >= 0.6 is 12.4 Å². The molecule has 1 fully saturated rings. The summed E-state index contributed by atoms with van der Waals surface area (Å²) in [5, 5.41) is 5.99. The highest BCUT2D eigenvalue weighted by Gasteiger charge is 2.27. The number of nitrogens with two attached hydrogens (primary N) is 1. The molecule has 1 saturated heterocycles. The van der Waals surface area contributed by atoms with Gasteiger partial charge in [-0.05, 0) is 18.8 Å². The molecule has 1 amide bonds. The van der Waals surface area contributed by atoms with Gasteiger partial charge >= 0.3 is 0 Å². The molecule has 2 atom stereocenters. The van der Waals surface area contributed by atoms with Crippen molar-refractivity contribution in [3.8, 4) is 0 Å². The Bertz CT molecular complexity index is 512. The maximum atomic E-state index is 12.0. The molecule has 0 bridgehead atoms. The van der Waals surface area contributed by atoms with Crippen molar-refractivity contribution in [2.75, 3.05) is 30.4 Å². The van der Waals surface area contributed by atoms with E-state index in [9.17, 15) is 4.79 Å². The van der Waals surface area contributed by atoms with E-state index in [1.807, 2.05) is 27.0 Å². The minimum absolute atomic E-state index is 0. The summed E-state index contributed by atoms with van der Waals surface area (Å²) < 4.78 is 0. The quantitative estimate of drug-likeness (QED) is 0.714. The molecule has 0 radical (unpaired) electrons. The third-order valence-corrected chi connectivity index (χ3v) is 4.11. The molecule has 1 aliphatic rings. The molecule has 1 unspecified atom stereocenters. The number of halogens is 1. The average Bonchev–Trinajstić information content (AvgIpc) is 3.00. The van der Waals surface area contributed by atoms with E-state index < -0.39 is 6.04 Å². The lowest BCUT2D eigenvalue weighted by Crippen LogP contribution is -2.48. The van der Waals surface area contributed by atoms with Crippen LogP contribution in [0.25, 0.3) is 0 Å². The Kier molecular flexibility index (Phi) is 7.51. The maximum Gasteiger partial charge on any atom is 0.237 e. The number of hydrogen-bond donors (Lipinski definition) is 3. The number of rotatable bonds is 6. The lowest BCUT2D eigenvalue weighted by atomic mass is 10.0. The molecule has 0 aliphatic carbocycles. The largest absolute Gasteiger partial charge is 0.373 e. The summed E-state index contributed by atoms with van der Waals surface area (Å²) in [6, 6.07) is 1.73. The van der Waals surface area contributed by atoms with Crippen molar-refractivity contribution in [3.05, 3.63) is 12.4 Å². The lowest BCUT2D eigenvalue weighted by Gasteiger charge is -2.27. The lowest BCUT2D eigenvalue weighted by molar-refractivity contribution is -0.123. The number of amides is 1. The molecule has 4 N–H and O–H groups in total. The minimum Gasteiger partial charge on any atom is -0.373 e. The first-order chi connectivity index (χ1) is 10.5. The van der Waals surface area contributed by atoms with Crippen molar-refractivity contribution in [3.63, 3.8) is 0 Å². The van der Waals surface area contributed by atoms with E-state index in [1.165, 1.54) is 0 Å². The molecule has 1 aromatic rings. The Balaban J connectivity index is 0.00000264. The fourth-order valence-electron chi connectivity index (χ4n) is 2.63. The van der Waals surface area contributed by atoms with Gasteiger partial charge in [0.25, 0.3) is 0 Å². The van der Waals surface area contributed by atoms with E-state index >= 15 is 0 Å². The first kappa shape index (κ1) is 19.4. The van der Waals surface area contributed by atoms with Crippen molar-refractivity contribution in [1.82, 2.24) is 15.3 Å². The molecule has 7 nitrogen and oxygen atoms in total. The maximum absolute atomic E-state index is 12.0. The summed E-state index contributed by atoms with van der Waals surface area (Å²) >= 11 is 0. The molecular weight excluding hydrogens is 316 g/mol. The van der Waals surface area contributed by atoms with Crippen LogP contribution in [0.2, 0.25) is 0 Å². The summed E-state index contributed by atoms with van der Waals surface area (Å²) in [6.07, 6.45) is 3.69. The zero-order valence-electron chi connectivity index (χ0n) is 14.0. The predicted molar refractivity (Wildman–Crippen MR) is 95.0 cm³/mol. The van der Waals surface area contributed by atoms with Gasteiger partial charge in [0.05, 0.1) is 6.04 Å². The number of aromatic nitrogens is 2. The van der Waals surface area contributed by atoms with E-state index in [1.54, 1.807) is 6.33 Å².